The van der Waals surface area contributed by atoms with E-state index >= 15 is 0 Å². The van der Waals surface area contributed by atoms with Crippen LogP contribution in [0, 0.1) is 5.92 Å². The van der Waals surface area contributed by atoms with E-state index in [9.17, 15) is 9.59 Å². The number of likely N-dealkylation sites (N-methyl/N-ethyl adjacent to an activating group) is 1. The minimum atomic E-state index is 0.0831. The molecule has 5 nitrogen and oxygen atoms in total. The van der Waals surface area contributed by atoms with E-state index in [1.54, 1.807) is 0 Å². The Morgan fingerprint density at radius 1 is 1.00 bits per heavy atom. The third kappa shape index (κ3) is 3.23. The van der Waals surface area contributed by atoms with E-state index in [0.29, 0.717) is 24.9 Å². The molecule has 2 fully saturated rings. The molecule has 1 aromatic rings. The number of hydrogen-bond donors (Lipinski definition) is 0. The smallest absolute Gasteiger partial charge is 0.227 e. The van der Waals surface area contributed by atoms with Crippen LogP contribution in [0.1, 0.15) is 36.0 Å². The number of carbonyl (C=O) groups excluding carboxylic acids is 2. The van der Waals surface area contributed by atoms with Crippen LogP contribution in [0.4, 0.5) is 5.69 Å². The maximum Gasteiger partial charge on any atom is 0.227 e. The summed E-state index contributed by atoms with van der Waals surface area (Å²) < 4.78 is 0. The van der Waals surface area contributed by atoms with Crippen molar-refractivity contribution in [1.29, 1.82) is 0 Å². The quantitative estimate of drug-likeness (QED) is 0.769. The standard InChI is InChI=1S/C20H27N3O2/c1-21-12-15-13-22(18(15)14-21)10-4-5-11-23-17-7-3-2-6-16(17)19(24)8-9-20(23)25/h2-3,6-7,15,18H,4-5,8-14H2,1H3/t15-,18-/m0/s1. The van der Waals surface area contributed by atoms with Crippen molar-refractivity contribution in [1.82, 2.24) is 9.80 Å². The van der Waals surface area contributed by atoms with Crippen molar-refractivity contribution in [2.45, 2.75) is 31.7 Å². The second-order valence-electron chi connectivity index (χ2n) is 7.74. The number of anilines is 1. The number of Topliss-reactive ketones (excluding diaryl/α,β-unsaturated/α-hetero) is 1. The van der Waals surface area contributed by atoms with Gasteiger partial charge in [0, 0.05) is 56.5 Å². The van der Waals surface area contributed by atoms with Crippen molar-refractivity contribution in [3.8, 4) is 0 Å². The maximum absolute atomic E-state index is 12.5. The second-order valence-corrected chi connectivity index (χ2v) is 7.74. The Labute approximate surface area is 149 Å². The molecule has 0 radical (unpaired) electrons. The summed E-state index contributed by atoms with van der Waals surface area (Å²) >= 11 is 0. The van der Waals surface area contributed by atoms with Crippen LogP contribution in [0.5, 0.6) is 0 Å². The van der Waals surface area contributed by atoms with Gasteiger partial charge >= 0.3 is 0 Å². The number of nitrogens with zero attached hydrogens (tertiary/aromatic N) is 3. The lowest BCUT2D eigenvalue weighted by atomic mass is 9.92. The molecule has 3 aliphatic rings. The third-order valence-corrected chi connectivity index (χ3v) is 5.97. The Hall–Kier alpha value is -1.72. The molecule has 1 aromatic carbocycles. The minimum absolute atomic E-state index is 0.0831. The molecule has 5 heteroatoms. The number of para-hydroxylation sites is 1. The predicted molar refractivity (Wildman–Crippen MR) is 97.9 cm³/mol. The molecular formula is C20H27N3O2. The zero-order valence-electron chi connectivity index (χ0n) is 15.0. The van der Waals surface area contributed by atoms with Crippen molar-refractivity contribution >= 4 is 17.4 Å². The van der Waals surface area contributed by atoms with Gasteiger partial charge in [0.2, 0.25) is 5.91 Å². The molecule has 0 saturated carbocycles. The Kier molecular flexibility index (Phi) is 4.61. The van der Waals surface area contributed by atoms with E-state index < -0.39 is 0 Å². The molecule has 2 saturated heterocycles. The number of unbranched alkanes of at least 4 members (excludes halogenated alkanes) is 1. The van der Waals surface area contributed by atoms with E-state index in [1.807, 2.05) is 29.2 Å². The predicted octanol–water partition coefficient (Wildman–Crippen LogP) is 2.02. The fourth-order valence-electron chi connectivity index (χ4n) is 4.61. The van der Waals surface area contributed by atoms with E-state index in [4.69, 9.17) is 0 Å². The summed E-state index contributed by atoms with van der Waals surface area (Å²) in [6, 6.07) is 8.30. The first-order valence-electron chi connectivity index (χ1n) is 9.48. The Morgan fingerprint density at radius 3 is 2.64 bits per heavy atom. The van der Waals surface area contributed by atoms with E-state index in [-0.39, 0.29) is 11.7 Å². The first kappa shape index (κ1) is 16.7. The van der Waals surface area contributed by atoms with Crippen LogP contribution in [-0.4, -0.2) is 67.3 Å². The highest BCUT2D eigenvalue weighted by Crippen LogP contribution is 2.32. The molecule has 0 unspecified atom stereocenters. The Balaban J connectivity index is 1.32. The van der Waals surface area contributed by atoms with Gasteiger partial charge in [-0.1, -0.05) is 12.1 Å². The van der Waals surface area contributed by atoms with Gasteiger partial charge in [-0.2, -0.15) is 0 Å². The second kappa shape index (κ2) is 6.89. The van der Waals surface area contributed by atoms with Crippen LogP contribution in [-0.2, 0) is 4.79 Å². The number of ketones is 1. The summed E-state index contributed by atoms with van der Waals surface area (Å²) in [5.74, 6) is 1.04. The van der Waals surface area contributed by atoms with Crippen molar-refractivity contribution in [2.75, 3.05) is 44.7 Å². The molecule has 0 N–H and O–H groups in total. The highest BCUT2D eigenvalue weighted by Gasteiger charge is 2.43. The number of benzene rings is 1. The average Bonchev–Trinajstić information content (AvgIpc) is 2.84. The number of amides is 1. The zero-order valence-corrected chi connectivity index (χ0v) is 15.0. The SMILES string of the molecule is CN1C[C@H]2CN(CCCCN3C(=O)CCC(=O)c4ccccc43)[C@H]2C1. The first-order chi connectivity index (χ1) is 12.1. The lowest BCUT2D eigenvalue weighted by molar-refractivity contribution is -0.118. The summed E-state index contributed by atoms with van der Waals surface area (Å²) in [5, 5.41) is 0. The molecule has 2 atom stereocenters. The highest BCUT2D eigenvalue weighted by atomic mass is 16.2. The van der Waals surface area contributed by atoms with Crippen LogP contribution < -0.4 is 4.90 Å². The van der Waals surface area contributed by atoms with Crippen LogP contribution in [0.25, 0.3) is 0 Å². The average molecular weight is 341 g/mol. The molecule has 25 heavy (non-hydrogen) atoms. The lowest BCUT2D eigenvalue weighted by Crippen LogP contribution is -2.55. The van der Waals surface area contributed by atoms with E-state index in [2.05, 4.69) is 16.8 Å². The van der Waals surface area contributed by atoms with E-state index in [1.165, 1.54) is 19.6 Å². The van der Waals surface area contributed by atoms with Crippen LogP contribution >= 0.6 is 0 Å². The van der Waals surface area contributed by atoms with Crippen LogP contribution in [0.15, 0.2) is 24.3 Å². The van der Waals surface area contributed by atoms with Gasteiger partial charge in [0.1, 0.15) is 0 Å². The summed E-state index contributed by atoms with van der Waals surface area (Å²) in [7, 11) is 2.21. The van der Waals surface area contributed by atoms with Gasteiger partial charge < -0.3 is 9.80 Å². The molecule has 3 heterocycles. The Morgan fingerprint density at radius 2 is 1.80 bits per heavy atom. The van der Waals surface area contributed by atoms with Crippen molar-refractivity contribution in [3.63, 3.8) is 0 Å². The van der Waals surface area contributed by atoms with Gasteiger partial charge in [-0.25, -0.2) is 0 Å². The number of likely N-dealkylation sites (tertiary alicyclic amines) is 2. The monoisotopic (exact) mass is 341 g/mol. The number of hydrogen-bond acceptors (Lipinski definition) is 4. The van der Waals surface area contributed by atoms with Crippen LogP contribution in [0.3, 0.4) is 0 Å². The van der Waals surface area contributed by atoms with Gasteiger partial charge in [-0.15, -0.1) is 0 Å². The van der Waals surface area contributed by atoms with Gasteiger partial charge in [0.15, 0.2) is 5.78 Å². The van der Waals surface area contributed by atoms with Crippen molar-refractivity contribution in [2.24, 2.45) is 5.92 Å². The summed E-state index contributed by atoms with van der Waals surface area (Å²) in [6.07, 6.45) is 2.75. The molecule has 0 aromatic heterocycles. The molecule has 0 aliphatic carbocycles. The van der Waals surface area contributed by atoms with Gasteiger partial charge in [0.25, 0.3) is 0 Å². The van der Waals surface area contributed by atoms with Crippen LogP contribution in [0.2, 0.25) is 0 Å². The van der Waals surface area contributed by atoms with Crippen molar-refractivity contribution in [3.05, 3.63) is 29.8 Å². The molecule has 0 spiro atoms. The van der Waals surface area contributed by atoms with Gasteiger partial charge in [0.05, 0.1) is 5.69 Å². The summed E-state index contributed by atoms with van der Waals surface area (Å²) in [6.45, 7) is 5.51. The lowest BCUT2D eigenvalue weighted by Gasteiger charge is -2.43. The molecule has 134 valence electrons. The molecule has 3 aliphatic heterocycles. The normalized spacial score (nSPS) is 27.0. The molecular weight excluding hydrogens is 314 g/mol. The number of fused-ring (bicyclic) bond motifs is 2. The van der Waals surface area contributed by atoms with Crippen molar-refractivity contribution < 1.29 is 9.59 Å². The molecule has 4 rings (SSSR count). The Bertz CT molecular complexity index is 675. The topological polar surface area (TPSA) is 43.9 Å². The summed E-state index contributed by atoms with van der Waals surface area (Å²) in [4.78, 5) is 31.5. The summed E-state index contributed by atoms with van der Waals surface area (Å²) in [5.41, 5.74) is 1.50. The highest BCUT2D eigenvalue weighted by molar-refractivity contribution is 6.09. The molecule has 1 amide bonds. The largest absolute Gasteiger partial charge is 0.312 e. The number of rotatable bonds is 5. The van der Waals surface area contributed by atoms with E-state index in [0.717, 1.165) is 37.0 Å². The van der Waals surface area contributed by atoms with Gasteiger partial charge in [-0.3, -0.25) is 14.5 Å². The minimum Gasteiger partial charge on any atom is -0.312 e. The first-order valence-corrected chi connectivity index (χ1v) is 9.48. The number of carbonyl (C=O) groups is 2. The maximum atomic E-state index is 12.5. The fourth-order valence-corrected chi connectivity index (χ4v) is 4.61. The zero-order chi connectivity index (χ0) is 17.4. The third-order valence-electron chi connectivity index (χ3n) is 5.97. The molecule has 0 bridgehead atoms. The van der Waals surface area contributed by atoms with Gasteiger partial charge in [-0.05, 0) is 38.6 Å². The fraction of sp³-hybridized carbons (Fsp3) is 0.600.